The first kappa shape index (κ1) is 13.3. The van der Waals surface area contributed by atoms with Crippen LogP contribution in [0.4, 0.5) is 5.69 Å². The molecule has 0 spiro atoms. The molecule has 0 saturated carbocycles. The van der Waals surface area contributed by atoms with Crippen LogP contribution in [0.25, 0.3) is 0 Å². The van der Waals surface area contributed by atoms with Crippen molar-refractivity contribution in [3.05, 3.63) is 53.6 Å². The van der Waals surface area contributed by atoms with Crippen LogP contribution in [-0.2, 0) is 6.54 Å². The van der Waals surface area contributed by atoms with Crippen LogP contribution in [0.15, 0.2) is 42.5 Å². The average Bonchev–Trinajstić information content (AvgIpc) is 2.45. The highest BCUT2D eigenvalue weighted by Crippen LogP contribution is 2.26. The Morgan fingerprint density at radius 1 is 0.947 bits per heavy atom. The molecule has 3 heteroatoms. The number of nitrogens with one attached hydrogen (secondary N) is 1. The number of hydrogen-bond acceptors (Lipinski definition) is 3. The van der Waals surface area contributed by atoms with Gasteiger partial charge in [-0.15, -0.1) is 0 Å². The average molecular weight is 257 g/mol. The number of ether oxygens (including phenoxy) is 2. The van der Waals surface area contributed by atoms with Crippen LogP contribution < -0.4 is 14.8 Å². The highest BCUT2D eigenvalue weighted by molar-refractivity contribution is 5.56. The Kier molecular flexibility index (Phi) is 4.29. The third-order valence-electron chi connectivity index (χ3n) is 3.01. The smallest absolute Gasteiger partial charge is 0.141 e. The zero-order valence-corrected chi connectivity index (χ0v) is 11.6. The molecule has 0 amide bonds. The molecular weight excluding hydrogens is 238 g/mol. The van der Waals surface area contributed by atoms with Crippen molar-refractivity contribution in [1.82, 2.24) is 0 Å². The topological polar surface area (TPSA) is 30.5 Å². The fraction of sp³-hybridized carbons (Fsp3) is 0.250. The lowest BCUT2D eigenvalue weighted by molar-refractivity contribution is 0.409. The number of aryl methyl sites for hydroxylation is 1. The lowest BCUT2D eigenvalue weighted by Crippen LogP contribution is -2.03. The summed E-state index contributed by atoms with van der Waals surface area (Å²) in [6.07, 6.45) is 0. The van der Waals surface area contributed by atoms with E-state index in [1.165, 1.54) is 5.56 Å². The molecule has 2 aromatic rings. The number of benzene rings is 2. The van der Waals surface area contributed by atoms with Crippen molar-refractivity contribution in [2.75, 3.05) is 19.5 Å². The first-order valence-electron chi connectivity index (χ1n) is 6.25. The van der Waals surface area contributed by atoms with E-state index >= 15 is 0 Å². The molecule has 3 nitrogen and oxygen atoms in total. The summed E-state index contributed by atoms with van der Waals surface area (Å²) in [5.41, 5.74) is 3.33. The molecule has 0 aromatic heterocycles. The SMILES string of the molecule is COc1ccc(C)cc1CNc1ccccc1OC. The number of rotatable bonds is 5. The van der Waals surface area contributed by atoms with Crippen LogP contribution in [0.2, 0.25) is 0 Å². The first-order chi connectivity index (χ1) is 9.24. The van der Waals surface area contributed by atoms with E-state index in [-0.39, 0.29) is 0 Å². The molecule has 100 valence electrons. The highest BCUT2D eigenvalue weighted by Gasteiger charge is 2.05. The van der Waals surface area contributed by atoms with Crippen LogP contribution >= 0.6 is 0 Å². The maximum atomic E-state index is 5.37. The number of anilines is 1. The number of para-hydroxylation sites is 2. The molecule has 0 aliphatic carbocycles. The Balaban J connectivity index is 2.16. The van der Waals surface area contributed by atoms with Gasteiger partial charge in [-0.2, -0.15) is 0 Å². The molecule has 0 aliphatic rings. The highest BCUT2D eigenvalue weighted by atomic mass is 16.5. The molecule has 0 saturated heterocycles. The van der Waals surface area contributed by atoms with Gasteiger partial charge in [0.05, 0.1) is 19.9 Å². The summed E-state index contributed by atoms with van der Waals surface area (Å²) in [6, 6.07) is 14.0. The molecule has 2 rings (SSSR count). The van der Waals surface area contributed by atoms with Gasteiger partial charge in [0.2, 0.25) is 0 Å². The van der Waals surface area contributed by atoms with E-state index in [4.69, 9.17) is 9.47 Å². The van der Waals surface area contributed by atoms with E-state index in [0.29, 0.717) is 6.54 Å². The predicted octanol–water partition coefficient (Wildman–Crippen LogP) is 3.62. The third kappa shape index (κ3) is 3.19. The van der Waals surface area contributed by atoms with Gasteiger partial charge >= 0.3 is 0 Å². The molecule has 0 atom stereocenters. The van der Waals surface area contributed by atoms with Gasteiger partial charge in [0.1, 0.15) is 11.5 Å². The van der Waals surface area contributed by atoms with Crippen LogP contribution in [0.3, 0.4) is 0 Å². The number of methoxy groups -OCH3 is 2. The van der Waals surface area contributed by atoms with E-state index in [1.807, 2.05) is 36.4 Å². The maximum Gasteiger partial charge on any atom is 0.141 e. The van der Waals surface area contributed by atoms with Crippen molar-refractivity contribution in [2.24, 2.45) is 0 Å². The van der Waals surface area contributed by atoms with Gasteiger partial charge in [-0.1, -0.05) is 29.8 Å². The molecule has 0 radical (unpaired) electrons. The Morgan fingerprint density at radius 2 is 1.68 bits per heavy atom. The summed E-state index contributed by atoms with van der Waals surface area (Å²) in [5.74, 6) is 1.74. The second-order valence-electron chi connectivity index (χ2n) is 4.37. The first-order valence-corrected chi connectivity index (χ1v) is 6.25. The zero-order chi connectivity index (χ0) is 13.7. The van der Waals surface area contributed by atoms with Crippen molar-refractivity contribution >= 4 is 5.69 Å². The van der Waals surface area contributed by atoms with Crippen LogP contribution in [-0.4, -0.2) is 14.2 Å². The minimum Gasteiger partial charge on any atom is -0.496 e. The fourth-order valence-electron chi connectivity index (χ4n) is 2.03. The lowest BCUT2D eigenvalue weighted by atomic mass is 10.1. The van der Waals surface area contributed by atoms with Crippen molar-refractivity contribution in [3.63, 3.8) is 0 Å². The van der Waals surface area contributed by atoms with Crippen molar-refractivity contribution in [3.8, 4) is 11.5 Å². The second kappa shape index (κ2) is 6.14. The quantitative estimate of drug-likeness (QED) is 0.887. The molecule has 2 aromatic carbocycles. The maximum absolute atomic E-state index is 5.37. The van der Waals surface area contributed by atoms with E-state index in [1.54, 1.807) is 14.2 Å². The molecule has 1 N–H and O–H groups in total. The predicted molar refractivity (Wildman–Crippen MR) is 78.1 cm³/mol. The van der Waals surface area contributed by atoms with Crippen molar-refractivity contribution in [2.45, 2.75) is 13.5 Å². The minimum atomic E-state index is 0.700. The zero-order valence-electron chi connectivity index (χ0n) is 11.6. The third-order valence-corrected chi connectivity index (χ3v) is 3.01. The standard InChI is InChI=1S/C16H19NO2/c1-12-8-9-15(18-2)13(10-12)11-17-14-6-4-5-7-16(14)19-3/h4-10,17H,11H2,1-3H3. The lowest BCUT2D eigenvalue weighted by Gasteiger charge is -2.13. The van der Waals surface area contributed by atoms with Gasteiger partial charge in [-0.3, -0.25) is 0 Å². The molecule has 0 aliphatic heterocycles. The van der Waals surface area contributed by atoms with Crippen molar-refractivity contribution in [1.29, 1.82) is 0 Å². The number of hydrogen-bond donors (Lipinski definition) is 1. The van der Waals surface area contributed by atoms with E-state index < -0.39 is 0 Å². The Morgan fingerprint density at radius 3 is 2.42 bits per heavy atom. The van der Waals surface area contributed by atoms with Gasteiger partial charge in [-0.05, 0) is 25.1 Å². The largest absolute Gasteiger partial charge is 0.496 e. The Bertz CT molecular complexity index is 552. The van der Waals surface area contributed by atoms with Gasteiger partial charge < -0.3 is 14.8 Å². The molecule has 19 heavy (non-hydrogen) atoms. The molecule has 0 heterocycles. The molecule has 0 unspecified atom stereocenters. The minimum absolute atomic E-state index is 0.700. The van der Waals surface area contributed by atoms with Gasteiger partial charge in [-0.25, -0.2) is 0 Å². The van der Waals surface area contributed by atoms with Gasteiger partial charge in [0.15, 0.2) is 0 Å². The summed E-state index contributed by atoms with van der Waals surface area (Å²) in [6.45, 7) is 2.78. The second-order valence-corrected chi connectivity index (χ2v) is 4.37. The summed E-state index contributed by atoms with van der Waals surface area (Å²) in [4.78, 5) is 0. The van der Waals surface area contributed by atoms with Crippen LogP contribution in [0, 0.1) is 6.92 Å². The van der Waals surface area contributed by atoms with Crippen LogP contribution in [0.1, 0.15) is 11.1 Å². The summed E-state index contributed by atoms with van der Waals surface area (Å²) >= 11 is 0. The van der Waals surface area contributed by atoms with Gasteiger partial charge in [0, 0.05) is 12.1 Å². The summed E-state index contributed by atoms with van der Waals surface area (Å²) < 4.78 is 10.7. The summed E-state index contributed by atoms with van der Waals surface area (Å²) in [7, 11) is 3.37. The fourth-order valence-corrected chi connectivity index (χ4v) is 2.03. The molecule has 0 fully saturated rings. The van der Waals surface area contributed by atoms with E-state index in [9.17, 15) is 0 Å². The normalized spacial score (nSPS) is 10.1. The van der Waals surface area contributed by atoms with E-state index in [0.717, 1.165) is 22.7 Å². The molecule has 0 bridgehead atoms. The van der Waals surface area contributed by atoms with Crippen LogP contribution in [0.5, 0.6) is 11.5 Å². The van der Waals surface area contributed by atoms with Gasteiger partial charge in [0.25, 0.3) is 0 Å². The monoisotopic (exact) mass is 257 g/mol. The van der Waals surface area contributed by atoms with E-state index in [2.05, 4.69) is 18.3 Å². The van der Waals surface area contributed by atoms with Crippen molar-refractivity contribution < 1.29 is 9.47 Å². The summed E-state index contributed by atoms with van der Waals surface area (Å²) in [5, 5.41) is 3.38. The Hall–Kier alpha value is -2.16. The molecular formula is C16H19NO2. The Labute approximate surface area is 114 Å².